The van der Waals surface area contributed by atoms with Crippen molar-refractivity contribution in [3.05, 3.63) is 41.7 Å². The van der Waals surface area contributed by atoms with Crippen molar-refractivity contribution < 1.29 is 0 Å². The number of aryl methyl sites for hydroxylation is 2. The van der Waals surface area contributed by atoms with Crippen molar-refractivity contribution in [2.45, 2.75) is 13.8 Å². The number of nitrogens with zero attached hydrogens (tertiary/aromatic N) is 2. The molecule has 1 heterocycles. The number of rotatable bonds is 2. The molecule has 1 N–H and O–H groups in total. The molecule has 0 radical (unpaired) electrons. The lowest BCUT2D eigenvalue weighted by molar-refractivity contribution is 0.878. The zero-order valence-electron chi connectivity index (χ0n) is 9.28. The molecule has 1 aromatic carbocycles. The summed E-state index contributed by atoms with van der Waals surface area (Å²) in [6, 6.07) is 6.34. The Bertz CT molecular complexity index is 471. The summed E-state index contributed by atoms with van der Waals surface area (Å²) >= 11 is 0. The average molecular weight is 201 g/mol. The van der Waals surface area contributed by atoms with Crippen LogP contribution in [0.25, 0.3) is 5.69 Å². The predicted molar refractivity (Wildman–Crippen MR) is 62.6 cm³/mol. The van der Waals surface area contributed by atoms with Gasteiger partial charge in [0.1, 0.15) is 0 Å². The van der Waals surface area contributed by atoms with E-state index < -0.39 is 0 Å². The van der Waals surface area contributed by atoms with Gasteiger partial charge in [-0.25, -0.2) is 4.68 Å². The van der Waals surface area contributed by atoms with Crippen LogP contribution in [0.3, 0.4) is 0 Å². The Hall–Kier alpha value is -1.77. The van der Waals surface area contributed by atoms with E-state index in [2.05, 4.69) is 42.5 Å². The summed E-state index contributed by atoms with van der Waals surface area (Å²) in [7, 11) is 1.89. The summed E-state index contributed by atoms with van der Waals surface area (Å²) in [4.78, 5) is 0. The second-order valence-electron chi connectivity index (χ2n) is 3.69. The maximum absolute atomic E-state index is 4.28. The Morgan fingerprint density at radius 1 is 1.20 bits per heavy atom. The molecule has 3 nitrogen and oxygen atoms in total. The zero-order chi connectivity index (χ0) is 10.8. The standard InChI is InChI=1S/C12H15N3/c1-9-4-5-12(6-10(9)2)15-8-11(13-3)7-14-15/h4-8,13H,1-3H3. The number of hydrogen-bond donors (Lipinski definition) is 1. The molecule has 2 aromatic rings. The highest BCUT2D eigenvalue weighted by atomic mass is 15.3. The van der Waals surface area contributed by atoms with Crippen molar-refractivity contribution >= 4 is 5.69 Å². The van der Waals surface area contributed by atoms with E-state index in [9.17, 15) is 0 Å². The highest BCUT2D eigenvalue weighted by Crippen LogP contribution is 2.15. The molecular formula is C12H15N3. The highest BCUT2D eigenvalue weighted by Gasteiger charge is 2.00. The quantitative estimate of drug-likeness (QED) is 0.809. The van der Waals surface area contributed by atoms with Gasteiger partial charge in [-0.2, -0.15) is 5.10 Å². The van der Waals surface area contributed by atoms with E-state index in [4.69, 9.17) is 0 Å². The molecule has 0 bridgehead atoms. The van der Waals surface area contributed by atoms with Crippen molar-refractivity contribution in [3.8, 4) is 5.69 Å². The first-order valence-electron chi connectivity index (χ1n) is 5.01. The van der Waals surface area contributed by atoms with Gasteiger partial charge in [0.2, 0.25) is 0 Å². The Morgan fingerprint density at radius 3 is 2.60 bits per heavy atom. The molecule has 3 heteroatoms. The molecule has 0 saturated carbocycles. The van der Waals surface area contributed by atoms with Crippen molar-refractivity contribution in [2.24, 2.45) is 0 Å². The van der Waals surface area contributed by atoms with Gasteiger partial charge in [0.25, 0.3) is 0 Å². The minimum absolute atomic E-state index is 1.02. The summed E-state index contributed by atoms with van der Waals surface area (Å²) in [5.74, 6) is 0. The molecule has 0 aliphatic carbocycles. The molecule has 0 aliphatic heterocycles. The molecule has 2 rings (SSSR count). The van der Waals surface area contributed by atoms with Crippen molar-refractivity contribution in [3.63, 3.8) is 0 Å². The fraction of sp³-hybridized carbons (Fsp3) is 0.250. The topological polar surface area (TPSA) is 29.9 Å². The van der Waals surface area contributed by atoms with E-state index in [1.165, 1.54) is 11.1 Å². The molecule has 15 heavy (non-hydrogen) atoms. The van der Waals surface area contributed by atoms with E-state index in [1.54, 1.807) is 0 Å². The third-order valence-electron chi connectivity index (χ3n) is 2.63. The predicted octanol–water partition coefficient (Wildman–Crippen LogP) is 2.53. The third kappa shape index (κ3) is 1.86. The minimum Gasteiger partial charge on any atom is -0.386 e. The number of nitrogens with one attached hydrogen (secondary N) is 1. The van der Waals surface area contributed by atoms with Crippen LogP contribution in [-0.2, 0) is 0 Å². The lowest BCUT2D eigenvalue weighted by atomic mass is 10.1. The third-order valence-corrected chi connectivity index (χ3v) is 2.63. The monoisotopic (exact) mass is 201 g/mol. The average Bonchev–Trinajstić information content (AvgIpc) is 2.70. The van der Waals surface area contributed by atoms with Gasteiger partial charge in [-0.1, -0.05) is 6.07 Å². The SMILES string of the molecule is CNc1cnn(-c2ccc(C)c(C)c2)c1. The number of benzene rings is 1. The molecule has 0 aliphatic rings. The summed E-state index contributed by atoms with van der Waals surface area (Å²) in [5.41, 5.74) is 4.71. The van der Waals surface area contributed by atoms with Crippen molar-refractivity contribution in [2.75, 3.05) is 12.4 Å². The maximum Gasteiger partial charge on any atom is 0.0728 e. The Kier molecular flexibility index (Phi) is 2.46. The van der Waals surface area contributed by atoms with Gasteiger partial charge in [0.15, 0.2) is 0 Å². The molecule has 1 aromatic heterocycles. The van der Waals surface area contributed by atoms with Crippen molar-refractivity contribution in [1.82, 2.24) is 9.78 Å². The second-order valence-corrected chi connectivity index (χ2v) is 3.69. The molecule has 0 atom stereocenters. The zero-order valence-corrected chi connectivity index (χ0v) is 9.28. The van der Waals surface area contributed by atoms with Crippen LogP contribution in [0.5, 0.6) is 0 Å². The Morgan fingerprint density at radius 2 is 2.00 bits per heavy atom. The van der Waals surface area contributed by atoms with E-state index in [1.807, 2.05) is 24.1 Å². The number of hydrogen-bond acceptors (Lipinski definition) is 2. The largest absolute Gasteiger partial charge is 0.386 e. The summed E-state index contributed by atoms with van der Waals surface area (Å²) < 4.78 is 1.87. The van der Waals surface area contributed by atoms with E-state index >= 15 is 0 Å². The minimum atomic E-state index is 1.02. The van der Waals surface area contributed by atoms with Gasteiger partial charge in [-0.05, 0) is 37.1 Å². The smallest absolute Gasteiger partial charge is 0.0728 e. The van der Waals surface area contributed by atoms with Crippen LogP contribution >= 0.6 is 0 Å². The van der Waals surface area contributed by atoms with Gasteiger partial charge in [0.05, 0.1) is 23.8 Å². The molecule has 0 spiro atoms. The molecule has 78 valence electrons. The molecule has 0 saturated heterocycles. The van der Waals surface area contributed by atoms with Crippen LogP contribution in [-0.4, -0.2) is 16.8 Å². The van der Waals surface area contributed by atoms with Crippen LogP contribution in [0.2, 0.25) is 0 Å². The fourth-order valence-corrected chi connectivity index (χ4v) is 1.46. The van der Waals surface area contributed by atoms with Crippen LogP contribution < -0.4 is 5.32 Å². The second kappa shape index (κ2) is 3.77. The summed E-state index contributed by atoms with van der Waals surface area (Å²) in [5, 5.41) is 7.34. The fourth-order valence-electron chi connectivity index (χ4n) is 1.46. The van der Waals surface area contributed by atoms with Crippen LogP contribution in [0.1, 0.15) is 11.1 Å². The lowest BCUT2D eigenvalue weighted by Crippen LogP contribution is -1.95. The van der Waals surface area contributed by atoms with E-state index in [0.29, 0.717) is 0 Å². The molecule has 0 unspecified atom stereocenters. The van der Waals surface area contributed by atoms with Gasteiger partial charge >= 0.3 is 0 Å². The van der Waals surface area contributed by atoms with Crippen LogP contribution in [0.4, 0.5) is 5.69 Å². The number of anilines is 1. The first kappa shape index (κ1) is 9.77. The summed E-state index contributed by atoms with van der Waals surface area (Å²) in [6.07, 6.45) is 3.79. The van der Waals surface area contributed by atoms with Crippen LogP contribution in [0.15, 0.2) is 30.6 Å². The van der Waals surface area contributed by atoms with Gasteiger partial charge in [-0.3, -0.25) is 0 Å². The van der Waals surface area contributed by atoms with Crippen LogP contribution in [0, 0.1) is 13.8 Å². The normalized spacial score (nSPS) is 10.3. The van der Waals surface area contributed by atoms with Gasteiger partial charge < -0.3 is 5.32 Å². The highest BCUT2D eigenvalue weighted by molar-refractivity contribution is 5.44. The number of aromatic nitrogens is 2. The molecular weight excluding hydrogens is 186 g/mol. The summed E-state index contributed by atoms with van der Waals surface area (Å²) in [6.45, 7) is 4.22. The molecule has 0 fully saturated rings. The maximum atomic E-state index is 4.28. The van der Waals surface area contributed by atoms with Gasteiger partial charge in [-0.15, -0.1) is 0 Å². The first-order chi connectivity index (χ1) is 7.20. The Balaban J connectivity index is 2.40. The van der Waals surface area contributed by atoms with Crippen molar-refractivity contribution in [1.29, 1.82) is 0 Å². The Labute approximate surface area is 89.7 Å². The van der Waals surface area contributed by atoms with E-state index in [0.717, 1.165) is 11.4 Å². The first-order valence-corrected chi connectivity index (χ1v) is 5.01. The van der Waals surface area contributed by atoms with Gasteiger partial charge in [0, 0.05) is 7.05 Å². The lowest BCUT2D eigenvalue weighted by Gasteiger charge is -2.04. The van der Waals surface area contributed by atoms with E-state index in [-0.39, 0.29) is 0 Å². The molecule has 0 amide bonds.